The molecule has 2 amide bonds. The zero-order valence-corrected chi connectivity index (χ0v) is 20.6. The van der Waals surface area contributed by atoms with E-state index >= 15 is 0 Å². The van der Waals surface area contributed by atoms with Crippen molar-refractivity contribution in [2.75, 3.05) is 44.6 Å². The summed E-state index contributed by atoms with van der Waals surface area (Å²) in [5.41, 5.74) is 1.81. The van der Waals surface area contributed by atoms with Gasteiger partial charge in [0.15, 0.2) is 0 Å². The van der Waals surface area contributed by atoms with Crippen LogP contribution in [0.4, 0.5) is 10.1 Å². The molecule has 3 atom stereocenters. The monoisotopic (exact) mass is 480 g/mol. The minimum absolute atomic E-state index is 0.0388. The molecule has 188 valence electrons. The molecule has 0 spiro atoms. The summed E-state index contributed by atoms with van der Waals surface area (Å²) in [5.74, 6) is -0.962. The third kappa shape index (κ3) is 7.12. The molecule has 35 heavy (non-hydrogen) atoms. The lowest BCUT2D eigenvalue weighted by molar-refractivity contribution is -0.130. The van der Waals surface area contributed by atoms with E-state index in [4.69, 9.17) is 0 Å². The summed E-state index contributed by atoms with van der Waals surface area (Å²) in [6.07, 6.45) is 3.68. The summed E-state index contributed by atoms with van der Waals surface area (Å²) in [6, 6.07) is 16.5. The maximum Gasteiger partial charge on any atom is 0.228 e. The van der Waals surface area contributed by atoms with Gasteiger partial charge in [0.1, 0.15) is 5.82 Å². The molecule has 2 heterocycles. The second-order valence-electron chi connectivity index (χ2n) is 9.79. The summed E-state index contributed by atoms with van der Waals surface area (Å²) in [4.78, 5) is 31.0. The summed E-state index contributed by atoms with van der Waals surface area (Å²) in [6.45, 7) is 6.98. The lowest BCUT2D eigenvalue weighted by Crippen LogP contribution is -2.51. The Kier molecular flexibility index (Phi) is 8.88. The molecule has 0 aliphatic carbocycles. The van der Waals surface area contributed by atoms with Gasteiger partial charge in [0.25, 0.3) is 0 Å². The van der Waals surface area contributed by atoms with Gasteiger partial charge in [-0.1, -0.05) is 37.3 Å². The minimum atomic E-state index is -0.339. The highest BCUT2D eigenvalue weighted by atomic mass is 19.1. The molecule has 2 saturated heterocycles. The van der Waals surface area contributed by atoms with Gasteiger partial charge in [-0.2, -0.15) is 0 Å². The van der Waals surface area contributed by atoms with Crippen LogP contribution in [-0.4, -0.2) is 66.9 Å². The van der Waals surface area contributed by atoms with Crippen LogP contribution in [0.1, 0.15) is 31.7 Å². The number of likely N-dealkylation sites (tertiary alicyclic amines) is 2. The maximum absolute atomic E-state index is 13.3. The van der Waals surface area contributed by atoms with Crippen molar-refractivity contribution in [3.05, 3.63) is 66.0 Å². The molecule has 0 saturated carbocycles. The quantitative estimate of drug-likeness (QED) is 0.576. The van der Waals surface area contributed by atoms with Crippen LogP contribution in [0.5, 0.6) is 0 Å². The summed E-state index contributed by atoms with van der Waals surface area (Å²) >= 11 is 0. The van der Waals surface area contributed by atoms with E-state index in [9.17, 15) is 14.0 Å². The standard InChI is InChI=1S/C28H37FN4O2/c1-2-33-15-6-9-26(33)18-30-27(34)22-17-23(28(35)31-25-12-10-24(29)11-13-25)20-32(19-22)16-14-21-7-4-3-5-8-21/h3-5,7-8,10-13,22-23,26H,2,6,9,14-20H2,1H3,(H,30,34)(H,31,35)/t22-,23+,26-/m0/s1. The number of carbonyl (C=O) groups excluding carboxylic acids is 2. The fourth-order valence-corrected chi connectivity index (χ4v) is 5.37. The molecule has 4 rings (SSSR count). The second-order valence-corrected chi connectivity index (χ2v) is 9.79. The van der Waals surface area contributed by atoms with Crippen LogP contribution in [0.25, 0.3) is 0 Å². The first-order valence-electron chi connectivity index (χ1n) is 12.9. The Bertz CT molecular complexity index is 969. The third-order valence-electron chi connectivity index (χ3n) is 7.36. The van der Waals surface area contributed by atoms with Crippen molar-refractivity contribution in [2.24, 2.45) is 11.8 Å². The molecular formula is C28H37FN4O2. The van der Waals surface area contributed by atoms with Crippen molar-refractivity contribution in [1.82, 2.24) is 15.1 Å². The Morgan fingerprint density at radius 2 is 1.71 bits per heavy atom. The van der Waals surface area contributed by atoms with Crippen LogP contribution in [0, 0.1) is 17.7 Å². The van der Waals surface area contributed by atoms with E-state index in [-0.39, 0.29) is 29.5 Å². The molecule has 2 N–H and O–H groups in total. The number of halogens is 1. The Morgan fingerprint density at radius 1 is 1.00 bits per heavy atom. The van der Waals surface area contributed by atoms with Crippen molar-refractivity contribution in [2.45, 2.75) is 38.6 Å². The smallest absolute Gasteiger partial charge is 0.228 e. The van der Waals surface area contributed by atoms with E-state index < -0.39 is 0 Å². The number of piperidine rings is 1. The Hall–Kier alpha value is -2.77. The molecule has 0 bridgehead atoms. The third-order valence-corrected chi connectivity index (χ3v) is 7.36. The molecule has 0 unspecified atom stereocenters. The molecule has 2 aliphatic rings. The van der Waals surface area contributed by atoms with Crippen molar-refractivity contribution in [1.29, 1.82) is 0 Å². The molecule has 2 aliphatic heterocycles. The van der Waals surface area contributed by atoms with E-state index in [1.54, 1.807) is 12.1 Å². The highest BCUT2D eigenvalue weighted by Crippen LogP contribution is 2.25. The van der Waals surface area contributed by atoms with Gasteiger partial charge in [-0.05, 0) is 68.6 Å². The zero-order chi connectivity index (χ0) is 24.6. The van der Waals surface area contributed by atoms with Crippen LogP contribution >= 0.6 is 0 Å². The van der Waals surface area contributed by atoms with Gasteiger partial charge in [-0.15, -0.1) is 0 Å². The van der Waals surface area contributed by atoms with Gasteiger partial charge in [0.2, 0.25) is 11.8 Å². The summed E-state index contributed by atoms with van der Waals surface area (Å²) in [7, 11) is 0. The number of anilines is 1. The average molecular weight is 481 g/mol. The zero-order valence-electron chi connectivity index (χ0n) is 20.6. The SMILES string of the molecule is CCN1CCC[C@H]1CNC(=O)[C@H]1C[C@@H](C(=O)Nc2ccc(F)cc2)CN(CCc2ccccc2)C1. The van der Waals surface area contributed by atoms with Crippen molar-refractivity contribution in [3.8, 4) is 0 Å². The summed E-state index contributed by atoms with van der Waals surface area (Å²) in [5, 5.41) is 6.10. The van der Waals surface area contributed by atoms with Gasteiger partial charge >= 0.3 is 0 Å². The lowest BCUT2D eigenvalue weighted by atomic mass is 9.87. The van der Waals surface area contributed by atoms with Gasteiger partial charge < -0.3 is 15.5 Å². The predicted octanol–water partition coefficient (Wildman–Crippen LogP) is 3.55. The highest BCUT2D eigenvalue weighted by molar-refractivity contribution is 5.93. The fraction of sp³-hybridized carbons (Fsp3) is 0.500. The topological polar surface area (TPSA) is 64.7 Å². The number of hydrogen-bond acceptors (Lipinski definition) is 4. The van der Waals surface area contributed by atoms with Crippen molar-refractivity contribution in [3.63, 3.8) is 0 Å². The van der Waals surface area contributed by atoms with Crippen molar-refractivity contribution < 1.29 is 14.0 Å². The predicted molar refractivity (Wildman–Crippen MR) is 136 cm³/mol. The van der Waals surface area contributed by atoms with E-state index in [2.05, 4.69) is 39.5 Å². The number of likely N-dealkylation sites (N-methyl/N-ethyl adjacent to an activating group) is 1. The molecule has 7 heteroatoms. The normalized spacial score (nSPS) is 23.2. The lowest BCUT2D eigenvalue weighted by Gasteiger charge is -2.37. The fourth-order valence-electron chi connectivity index (χ4n) is 5.37. The number of nitrogens with zero attached hydrogens (tertiary/aromatic N) is 2. The van der Waals surface area contributed by atoms with Crippen LogP contribution in [-0.2, 0) is 16.0 Å². The average Bonchev–Trinajstić information content (AvgIpc) is 3.35. The number of hydrogen-bond donors (Lipinski definition) is 2. The van der Waals surface area contributed by atoms with Crippen LogP contribution in [0.3, 0.4) is 0 Å². The number of carbonyl (C=O) groups is 2. The Balaban J connectivity index is 1.39. The number of rotatable bonds is 9. The van der Waals surface area contributed by atoms with E-state index in [1.807, 2.05) is 18.2 Å². The first kappa shape index (κ1) is 25.3. The van der Waals surface area contributed by atoms with E-state index in [1.165, 1.54) is 24.1 Å². The highest BCUT2D eigenvalue weighted by Gasteiger charge is 2.35. The Labute approximate surface area is 207 Å². The van der Waals surface area contributed by atoms with Crippen LogP contribution in [0.2, 0.25) is 0 Å². The molecule has 2 fully saturated rings. The summed E-state index contributed by atoms with van der Waals surface area (Å²) < 4.78 is 13.3. The Morgan fingerprint density at radius 3 is 2.43 bits per heavy atom. The number of benzene rings is 2. The van der Waals surface area contributed by atoms with E-state index in [0.29, 0.717) is 37.8 Å². The van der Waals surface area contributed by atoms with Gasteiger partial charge in [0, 0.05) is 37.9 Å². The van der Waals surface area contributed by atoms with Crippen LogP contribution < -0.4 is 10.6 Å². The first-order valence-corrected chi connectivity index (χ1v) is 12.9. The van der Waals surface area contributed by atoms with Crippen LogP contribution in [0.15, 0.2) is 54.6 Å². The molecule has 2 aromatic carbocycles. The molecule has 0 radical (unpaired) electrons. The maximum atomic E-state index is 13.3. The first-order chi connectivity index (χ1) is 17.0. The van der Waals surface area contributed by atoms with E-state index in [0.717, 1.165) is 32.5 Å². The molecule has 6 nitrogen and oxygen atoms in total. The molecular weight excluding hydrogens is 443 g/mol. The van der Waals surface area contributed by atoms with Crippen molar-refractivity contribution >= 4 is 17.5 Å². The second kappa shape index (κ2) is 12.3. The number of amides is 2. The minimum Gasteiger partial charge on any atom is -0.354 e. The number of nitrogens with one attached hydrogen (secondary N) is 2. The largest absolute Gasteiger partial charge is 0.354 e. The molecule has 0 aromatic heterocycles. The van der Waals surface area contributed by atoms with Gasteiger partial charge in [-0.25, -0.2) is 4.39 Å². The van der Waals surface area contributed by atoms with Gasteiger partial charge in [-0.3, -0.25) is 14.5 Å². The molecule has 2 aromatic rings. The van der Waals surface area contributed by atoms with Gasteiger partial charge in [0.05, 0.1) is 11.8 Å².